The van der Waals surface area contributed by atoms with Gasteiger partial charge in [0.15, 0.2) is 0 Å². The quantitative estimate of drug-likeness (QED) is 0.864. The maximum atomic E-state index is 12.8. The smallest absolute Gasteiger partial charge is 0.263 e. The van der Waals surface area contributed by atoms with E-state index < -0.39 is 10.0 Å². The zero-order chi connectivity index (χ0) is 19.1. The molecule has 0 unspecified atom stereocenters. The maximum absolute atomic E-state index is 12.8. The normalized spacial score (nSPS) is 13.8. The molecule has 2 aromatic carbocycles. The van der Waals surface area contributed by atoms with E-state index >= 15 is 0 Å². The molecule has 0 atom stereocenters. The van der Waals surface area contributed by atoms with E-state index in [2.05, 4.69) is 4.72 Å². The Hall–Kier alpha value is -2.25. The predicted octanol–water partition coefficient (Wildman–Crippen LogP) is 3.50. The van der Waals surface area contributed by atoms with Crippen LogP contribution in [0.4, 0.5) is 11.4 Å². The van der Waals surface area contributed by atoms with Gasteiger partial charge in [0.25, 0.3) is 10.0 Å². The third kappa shape index (κ3) is 3.50. The molecule has 1 heterocycles. The molecule has 3 rings (SSSR count). The monoisotopic (exact) mass is 394 g/mol. The first-order valence-corrected chi connectivity index (χ1v) is 9.89. The van der Waals surface area contributed by atoms with Gasteiger partial charge < -0.3 is 9.64 Å². The molecule has 6 nitrogen and oxygen atoms in total. The number of carbonyl (C=O) groups is 1. The van der Waals surface area contributed by atoms with Gasteiger partial charge in [-0.3, -0.25) is 9.52 Å². The van der Waals surface area contributed by atoms with Gasteiger partial charge in [-0.1, -0.05) is 17.7 Å². The van der Waals surface area contributed by atoms with E-state index in [1.807, 2.05) is 19.9 Å². The van der Waals surface area contributed by atoms with Crippen molar-refractivity contribution in [3.8, 4) is 5.75 Å². The van der Waals surface area contributed by atoms with Crippen molar-refractivity contribution in [2.75, 3.05) is 22.8 Å². The minimum Gasteiger partial charge on any atom is -0.489 e. The lowest BCUT2D eigenvalue weighted by atomic mass is 10.1. The van der Waals surface area contributed by atoms with Crippen molar-refractivity contribution >= 4 is 38.9 Å². The number of amides is 1. The fourth-order valence-electron chi connectivity index (χ4n) is 2.77. The number of aryl methyl sites for hydroxylation is 2. The highest BCUT2D eigenvalue weighted by Gasteiger charge is 2.27. The van der Waals surface area contributed by atoms with Crippen LogP contribution in [0.3, 0.4) is 0 Å². The van der Waals surface area contributed by atoms with E-state index in [1.54, 1.807) is 12.1 Å². The first kappa shape index (κ1) is 18.5. The van der Waals surface area contributed by atoms with Crippen molar-refractivity contribution in [1.29, 1.82) is 0 Å². The van der Waals surface area contributed by atoms with Crippen molar-refractivity contribution in [3.05, 3.63) is 46.5 Å². The van der Waals surface area contributed by atoms with Crippen molar-refractivity contribution < 1.29 is 17.9 Å². The molecule has 0 saturated carbocycles. The number of sulfonamides is 1. The summed E-state index contributed by atoms with van der Waals surface area (Å²) in [4.78, 5) is 13.2. The summed E-state index contributed by atoms with van der Waals surface area (Å²) in [6, 6.07) is 8.10. The van der Waals surface area contributed by atoms with Crippen LogP contribution in [0.15, 0.2) is 35.2 Å². The average Bonchev–Trinajstić information content (AvgIpc) is 2.56. The predicted molar refractivity (Wildman–Crippen MR) is 102 cm³/mol. The van der Waals surface area contributed by atoms with E-state index in [1.165, 1.54) is 24.0 Å². The van der Waals surface area contributed by atoms with Gasteiger partial charge in [0.1, 0.15) is 17.3 Å². The van der Waals surface area contributed by atoms with E-state index in [9.17, 15) is 13.2 Å². The minimum atomic E-state index is -3.91. The van der Waals surface area contributed by atoms with Gasteiger partial charge in [-0.25, -0.2) is 8.42 Å². The van der Waals surface area contributed by atoms with Crippen LogP contribution in [-0.2, 0) is 14.8 Å². The third-order valence-electron chi connectivity index (χ3n) is 4.31. The Bertz CT molecular complexity index is 989. The SMILES string of the molecule is CC(=O)N1CCOc2cc(S(=O)(=O)Nc3ccc(C)c(C)c3)c(Cl)cc21. The molecule has 0 saturated heterocycles. The average molecular weight is 395 g/mol. The van der Waals surface area contributed by atoms with E-state index in [0.717, 1.165) is 11.1 Å². The molecule has 0 radical (unpaired) electrons. The highest BCUT2D eigenvalue weighted by Crippen LogP contribution is 2.38. The largest absolute Gasteiger partial charge is 0.489 e. The lowest BCUT2D eigenvalue weighted by Crippen LogP contribution is -2.36. The van der Waals surface area contributed by atoms with Crippen LogP contribution in [0.25, 0.3) is 0 Å². The second kappa shape index (κ2) is 6.81. The number of benzene rings is 2. The third-order valence-corrected chi connectivity index (χ3v) is 6.15. The first-order chi connectivity index (χ1) is 12.2. The second-order valence-corrected chi connectivity index (χ2v) is 8.23. The molecule has 0 fully saturated rings. The number of fused-ring (bicyclic) bond motifs is 1. The molecule has 1 amide bonds. The molecule has 0 aromatic heterocycles. The zero-order valence-corrected chi connectivity index (χ0v) is 16.2. The molecule has 0 spiro atoms. The molecular formula is C18H19ClN2O4S. The maximum Gasteiger partial charge on any atom is 0.263 e. The topological polar surface area (TPSA) is 75.7 Å². The summed E-state index contributed by atoms with van der Waals surface area (Å²) in [6.45, 7) is 5.98. The van der Waals surface area contributed by atoms with Gasteiger partial charge in [0, 0.05) is 18.7 Å². The number of nitrogens with one attached hydrogen (secondary N) is 1. The number of rotatable bonds is 3. The summed E-state index contributed by atoms with van der Waals surface area (Å²) in [6.07, 6.45) is 0. The summed E-state index contributed by atoms with van der Waals surface area (Å²) in [5.41, 5.74) is 2.96. The Morgan fingerprint density at radius 3 is 2.58 bits per heavy atom. The number of nitrogens with zero attached hydrogens (tertiary/aromatic N) is 1. The Morgan fingerprint density at radius 2 is 1.92 bits per heavy atom. The summed E-state index contributed by atoms with van der Waals surface area (Å²) < 4.78 is 33.6. The van der Waals surface area contributed by atoms with Crippen LogP contribution in [-0.4, -0.2) is 27.5 Å². The number of hydrogen-bond acceptors (Lipinski definition) is 4. The van der Waals surface area contributed by atoms with Crippen LogP contribution < -0.4 is 14.4 Å². The minimum absolute atomic E-state index is 0.0248. The summed E-state index contributed by atoms with van der Waals surface area (Å²) in [5.74, 6) is 0.158. The molecule has 1 N–H and O–H groups in total. The number of ether oxygens (including phenoxy) is 1. The van der Waals surface area contributed by atoms with E-state index in [-0.39, 0.29) is 22.4 Å². The van der Waals surface area contributed by atoms with Crippen LogP contribution in [0.1, 0.15) is 18.1 Å². The highest BCUT2D eigenvalue weighted by atomic mass is 35.5. The summed E-state index contributed by atoms with van der Waals surface area (Å²) >= 11 is 6.23. The van der Waals surface area contributed by atoms with Crippen molar-refractivity contribution in [1.82, 2.24) is 0 Å². The molecule has 1 aliphatic heterocycles. The lowest BCUT2D eigenvalue weighted by molar-refractivity contribution is -0.116. The number of hydrogen-bond donors (Lipinski definition) is 1. The standard InChI is InChI=1S/C18H19ClN2O4S/c1-11-4-5-14(8-12(11)2)20-26(23,24)18-10-17-16(9-15(18)19)21(13(3)22)6-7-25-17/h4-5,8-10,20H,6-7H2,1-3H3. The molecule has 8 heteroatoms. The number of anilines is 2. The van der Waals surface area contributed by atoms with Gasteiger partial charge in [-0.2, -0.15) is 0 Å². The molecule has 2 aromatic rings. The van der Waals surface area contributed by atoms with Crippen LogP contribution >= 0.6 is 11.6 Å². The molecular weight excluding hydrogens is 376 g/mol. The van der Waals surface area contributed by atoms with Crippen molar-refractivity contribution in [2.45, 2.75) is 25.7 Å². The molecule has 0 bridgehead atoms. The first-order valence-electron chi connectivity index (χ1n) is 8.03. The Kier molecular flexibility index (Phi) is 4.86. The van der Waals surface area contributed by atoms with Gasteiger partial charge in [-0.15, -0.1) is 0 Å². The Morgan fingerprint density at radius 1 is 1.19 bits per heavy atom. The van der Waals surface area contributed by atoms with E-state index in [0.29, 0.717) is 23.7 Å². The fraction of sp³-hybridized carbons (Fsp3) is 0.278. The highest BCUT2D eigenvalue weighted by molar-refractivity contribution is 7.92. The van der Waals surface area contributed by atoms with Crippen molar-refractivity contribution in [3.63, 3.8) is 0 Å². The van der Waals surface area contributed by atoms with Gasteiger partial charge in [0.2, 0.25) is 5.91 Å². The van der Waals surface area contributed by atoms with Crippen LogP contribution in [0, 0.1) is 13.8 Å². The number of carbonyl (C=O) groups excluding carboxylic acids is 1. The lowest BCUT2D eigenvalue weighted by Gasteiger charge is -2.29. The van der Waals surface area contributed by atoms with Crippen LogP contribution in [0.5, 0.6) is 5.75 Å². The second-order valence-electron chi connectivity index (χ2n) is 6.17. The zero-order valence-electron chi connectivity index (χ0n) is 14.7. The molecule has 138 valence electrons. The molecule has 26 heavy (non-hydrogen) atoms. The Labute approximate surface area is 157 Å². The van der Waals surface area contributed by atoms with Gasteiger partial charge in [0.05, 0.1) is 17.3 Å². The van der Waals surface area contributed by atoms with E-state index in [4.69, 9.17) is 16.3 Å². The number of halogens is 1. The van der Waals surface area contributed by atoms with Crippen LogP contribution in [0.2, 0.25) is 5.02 Å². The van der Waals surface area contributed by atoms with Crippen molar-refractivity contribution in [2.24, 2.45) is 0 Å². The Balaban J connectivity index is 2.00. The van der Waals surface area contributed by atoms with Gasteiger partial charge in [-0.05, 0) is 43.2 Å². The molecule has 0 aliphatic carbocycles. The summed E-state index contributed by atoms with van der Waals surface area (Å²) in [5, 5.41) is 0.0248. The molecule has 1 aliphatic rings. The summed E-state index contributed by atoms with van der Waals surface area (Å²) in [7, 11) is -3.91. The van der Waals surface area contributed by atoms with Gasteiger partial charge >= 0.3 is 0 Å². The fourth-order valence-corrected chi connectivity index (χ4v) is 4.35.